The second-order valence-electron chi connectivity index (χ2n) is 5.64. The van der Waals surface area contributed by atoms with Crippen LogP contribution in [-0.4, -0.2) is 13.1 Å². The molecule has 3 N–H and O–H groups in total. The Morgan fingerprint density at radius 3 is 2.59 bits per heavy atom. The van der Waals surface area contributed by atoms with Gasteiger partial charge in [0.05, 0.1) is 23.0 Å². The van der Waals surface area contributed by atoms with Crippen molar-refractivity contribution in [1.29, 1.82) is 5.26 Å². The van der Waals surface area contributed by atoms with E-state index in [0.717, 1.165) is 24.5 Å². The number of nitrogens with zero attached hydrogens (tertiary/aromatic N) is 2. The van der Waals surface area contributed by atoms with E-state index in [-0.39, 0.29) is 0 Å². The quantitative estimate of drug-likeness (QED) is 0.843. The van der Waals surface area contributed by atoms with E-state index in [4.69, 9.17) is 11.0 Å². The molecule has 0 aromatic heterocycles. The molecule has 4 nitrogen and oxygen atoms in total. The summed E-state index contributed by atoms with van der Waals surface area (Å²) in [6, 6.07) is 15.8. The lowest BCUT2D eigenvalue weighted by Crippen LogP contribution is -2.29. The summed E-state index contributed by atoms with van der Waals surface area (Å²) in [5.41, 5.74) is 10.3. The van der Waals surface area contributed by atoms with E-state index in [1.807, 2.05) is 12.1 Å². The van der Waals surface area contributed by atoms with Crippen molar-refractivity contribution in [3.63, 3.8) is 0 Å². The highest BCUT2D eigenvalue weighted by Crippen LogP contribution is 2.27. The van der Waals surface area contributed by atoms with Crippen molar-refractivity contribution in [2.24, 2.45) is 0 Å². The average molecular weight is 292 g/mol. The Balaban J connectivity index is 1.79. The fourth-order valence-electron chi connectivity index (χ4n) is 2.83. The third kappa shape index (κ3) is 3.15. The van der Waals surface area contributed by atoms with Crippen LogP contribution in [0.5, 0.6) is 0 Å². The predicted octanol–water partition coefficient (Wildman–Crippen LogP) is 3.87. The molecule has 1 aliphatic rings. The SMILES string of the molecule is N#Cc1ccc(Nc2cccc(N3CCCCC3)c2)c(N)c1. The summed E-state index contributed by atoms with van der Waals surface area (Å²) in [5, 5.41) is 12.2. The first-order chi connectivity index (χ1) is 10.8. The number of nitriles is 1. The molecular weight excluding hydrogens is 272 g/mol. The van der Waals surface area contributed by atoms with E-state index >= 15 is 0 Å². The largest absolute Gasteiger partial charge is 0.397 e. The average Bonchev–Trinajstić information content (AvgIpc) is 2.58. The van der Waals surface area contributed by atoms with Gasteiger partial charge in [-0.05, 0) is 55.7 Å². The van der Waals surface area contributed by atoms with Gasteiger partial charge in [-0.3, -0.25) is 0 Å². The van der Waals surface area contributed by atoms with Crippen LogP contribution >= 0.6 is 0 Å². The van der Waals surface area contributed by atoms with Gasteiger partial charge in [-0.25, -0.2) is 0 Å². The van der Waals surface area contributed by atoms with Gasteiger partial charge in [-0.15, -0.1) is 0 Å². The standard InChI is InChI=1S/C18H20N4/c19-13-14-7-8-18(17(20)11-14)21-15-5-4-6-16(12-15)22-9-2-1-3-10-22/h4-8,11-12,21H,1-3,9-10,20H2. The van der Waals surface area contributed by atoms with Crippen molar-refractivity contribution < 1.29 is 0 Å². The number of piperidine rings is 1. The molecule has 0 radical (unpaired) electrons. The first-order valence-corrected chi connectivity index (χ1v) is 7.68. The molecule has 2 aromatic carbocycles. The lowest BCUT2D eigenvalue weighted by molar-refractivity contribution is 0.578. The molecular formula is C18H20N4. The number of nitrogen functional groups attached to an aromatic ring is 1. The van der Waals surface area contributed by atoms with Crippen LogP contribution in [0.4, 0.5) is 22.7 Å². The number of benzene rings is 2. The van der Waals surface area contributed by atoms with Crippen LogP contribution < -0.4 is 16.0 Å². The summed E-state index contributed by atoms with van der Waals surface area (Å²) >= 11 is 0. The van der Waals surface area contributed by atoms with Crippen LogP contribution in [0.2, 0.25) is 0 Å². The fourth-order valence-corrected chi connectivity index (χ4v) is 2.83. The van der Waals surface area contributed by atoms with Gasteiger partial charge in [0.25, 0.3) is 0 Å². The van der Waals surface area contributed by atoms with Crippen molar-refractivity contribution in [3.8, 4) is 6.07 Å². The zero-order valence-electron chi connectivity index (χ0n) is 12.5. The van der Waals surface area contributed by atoms with E-state index in [9.17, 15) is 0 Å². The number of hydrogen-bond donors (Lipinski definition) is 2. The van der Waals surface area contributed by atoms with Crippen LogP contribution in [0.25, 0.3) is 0 Å². The molecule has 1 aliphatic heterocycles. The number of nitrogens with one attached hydrogen (secondary N) is 1. The first kappa shape index (κ1) is 14.3. The Bertz CT molecular complexity index is 696. The molecule has 0 saturated carbocycles. The van der Waals surface area contributed by atoms with E-state index < -0.39 is 0 Å². The van der Waals surface area contributed by atoms with Gasteiger partial charge >= 0.3 is 0 Å². The van der Waals surface area contributed by atoms with Crippen LogP contribution in [0.15, 0.2) is 42.5 Å². The fraction of sp³-hybridized carbons (Fsp3) is 0.278. The van der Waals surface area contributed by atoms with Gasteiger partial charge in [0.2, 0.25) is 0 Å². The Kier molecular flexibility index (Phi) is 4.15. The molecule has 3 rings (SSSR count). The summed E-state index contributed by atoms with van der Waals surface area (Å²) in [5.74, 6) is 0. The topological polar surface area (TPSA) is 65.1 Å². The minimum absolute atomic E-state index is 0.574. The highest BCUT2D eigenvalue weighted by Gasteiger charge is 2.11. The number of anilines is 4. The molecule has 1 heterocycles. The minimum Gasteiger partial charge on any atom is -0.397 e. The van der Waals surface area contributed by atoms with Gasteiger partial charge in [-0.1, -0.05) is 6.07 Å². The van der Waals surface area contributed by atoms with E-state index in [1.165, 1.54) is 24.9 Å². The summed E-state index contributed by atoms with van der Waals surface area (Å²) < 4.78 is 0. The highest BCUT2D eigenvalue weighted by molar-refractivity contribution is 5.75. The molecule has 22 heavy (non-hydrogen) atoms. The van der Waals surface area contributed by atoms with Crippen molar-refractivity contribution in [2.45, 2.75) is 19.3 Å². The summed E-state index contributed by atoms with van der Waals surface area (Å²) in [7, 11) is 0. The Hall–Kier alpha value is -2.67. The summed E-state index contributed by atoms with van der Waals surface area (Å²) in [4.78, 5) is 2.43. The molecule has 112 valence electrons. The molecule has 0 spiro atoms. The zero-order chi connectivity index (χ0) is 15.4. The van der Waals surface area contributed by atoms with Crippen molar-refractivity contribution in [3.05, 3.63) is 48.0 Å². The Morgan fingerprint density at radius 2 is 1.86 bits per heavy atom. The maximum absolute atomic E-state index is 8.89. The van der Waals surface area contributed by atoms with Gasteiger partial charge in [0.15, 0.2) is 0 Å². The van der Waals surface area contributed by atoms with E-state index in [1.54, 1.807) is 12.1 Å². The first-order valence-electron chi connectivity index (χ1n) is 7.68. The van der Waals surface area contributed by atoms with E-state index in [0.29, 0.717) is 11.3 Å². The van der Waals surface area contributed by atoms with Gasteiger partial charge < -0.3 is 16.0 Å². The molecule has 0 amide bonds. The van der Waals surface area contributed by atoms with Gasteiger partial charge in [0.1, 0.15) is 0 Å². The molecule has 4 heteroatoms. The van der Waals surface area contributed by atoms with Crippen LogP contribution in [0.3, 0.4) is 0 Å². The molecule has 2 aromatic rings. The Labute approximate surface area is 131 Å². The van der Waals surface area contributed by atoms with Crippen molar-refractivity contribution in [1.82, 2.24) is 0 Å². The van der Waals surface area contributed by atoms with E-state index in [2.05, 4.69) is 34.5 Å². The monoisotopic (exact) mass is 292 g/mol. The molecule has 0 bridgehead atoms. The maximum atomic E-state index is 8.89. The van der Waals surface area contributed by atoms with Crippen LogP contribution in [0, 0.1) is 11.3 Å². The zero-order valence-corrected chi connectivity index (χ0v) is 12.5. The summed E-state index contributed by atoms with van der Waals surface area (Å²) in [6.45, 7) is 2.25. The molecule has 1 fully saturated rings. The van der Waals surface area contributed by atoms with Gasteiger partial charge in [0, 0.05) is 24.5 Å². The normalized spacial score (nSPS) is 14.4. The maximum Gasteiger partial charge on any atom is 0.0992 e. The third-order valence-electron chi connectivity index (χ3n) is 4.03. The second-order valence-corrected chi connectivity index (χ2v) is 5.64. The minimum atomic E-state index is 0.574. The van der Waals surface area contributed by atoms with Gasteiger partial charge in [-0.2, -0.15) is 5.26 Å². The predicted molar refractivity (Wildman–Crippen MR) is 91.4 cm³/mol. The lowest BCUT2D eigenvalue weighted by atomic mass is 10.1. The third-order valence-corrected chi connectivity index (χ3v) is 4.03. The lowest BCUT2D eigenvalue weighted by Gasteiger charge is -2.29. The number of hydrogen-bond acceptors (Lipinski definition) is 4. The Morgan fingerprint density at radius 1 is 1.05 bits per heavy atom. The molecule has 0 unspecified atom stereocenters. The second kappa shape index (κ2) is 6.40. The molecule has 0 aliphatic carbocycles. The highest BCUT2D eigenvalue weighted by atomic mass is 15.1. The summed E-state index contributed by atoms with van der Waals surface area (Å²) in [6.07, 6.45) is 3.86. The molecule has 1 saturated heterocycles. The smallest absolute Gasteiger partial charge is 0.0992 e. The number of rotatable bonds is 3. The van der Waals surface area contributed by atoms with Crippen LogP contribution in [-0.2, 0) is 0 Å². The molecule has 0 atom stereocenters. The van der Waals surface area contributed by atoms with Crippen molar-refractivity contribution >= 4 is 22.7 Å². The number of nitrogens with two attached hydrogens (primary N) is 1. The van der Waals surface area contributed by atoms with Crippen LogP contribution in [0.1, 0.15) is 24.8 Å². The van der Waals surface area contributed by atoms with Crippen molar-refractivity contribution in [2.75, 3.05) is 29.0 Å².